The van der Waals surface area contributed by atoms with Gasteiger partial charge in [-0.1, -0.05) is 0 Å². The molecule has 0 amide bonds. The summed E-state index contributed by atoms with van der Waals surface area (Å²) in [7, 11) is 1.81. The Balaban J connectivity index is 1.63. The number of hydrogen-bond acceptors (Lipinski definition) is 3. The predicted octanol–water partition coefficient (Wildman–Crippen LogP) is 2.29. The van der Waals surface area contributed by atoms with Gasteiger partial charge in [-0.25, -0.2) is 0 Å². The van der Waals surface area contributed by atoms with E-state index in [4.69, 9.17) is 4.74 Å². The van der Waals surface area contributed by atoms with E-state index >= 15 is 0 Å². The molecule has 3 heteroatoms. The fraction of sp³-hybridized carbons (Fsp3) is 1.00. The molecule has 0 aromatic heterocycles. The number of nitrogens with one attached hydrogen (secondary N) is 1. The molecule has 0 bridgehead atoms. The zero-order valence-corrected chi connectivity index (χ0v) is 10.6. The molecular formula is C12H23NOS. The third kappa shape index (κ3) is 3.65. The fourth-order valence-corrected chi connectivity index (χ4v) is 3.38. The highest BCUT2D eigenvalue weighted by Crippen LogP contribution is 2.48. The van der Waals surface area contributed by atoms with Gasteiger partial charge in [0.2, 0.25) is 0 Å². The van der Waals surface area contributed by atoms with Crippen LogP contribution in [0.25, 0.3) is 0 Å². The molecule has 2 rings (SSSR count). The molecule has 15 heavy (non-hydrogen) atoms. The highest BCUT2D eigenvalue weighted by molar-refractivity contribution is 7.99. The molecule has 0 radical (unpaired) electrons. The van der Waals surface area contributed by atoms with E-state index in [9.17, 15) is 0 Å². The Bertz CT molecular complexity index is 188. The fourth-order valence-electron chi connectivity index (χ4n) is 2.27. The van der Waals surface area contributed by atoms with E-state index in [1.807, 2.05) is 7.11 Å². The van der Waals surface area contributed by atoms with Crippen molar-refractivity contribution in [2.45, 2.75) is 38.1 Å². The van der Waals surface area contributed by atoms with Gasteiger partial charge in [0, 0.05) is 26.3 Å². The molecule has 1 heterocycles. The van der Waals surface area contributed by atoms with Crippen LogP contribution in [-0.2, 0) is 4.74 Å². The minimum absolute atomic E-state index is 0.612. The van der Waals surface area contributed by atoms with E-state index in [0.29, 0.717) is 5.41 Å². The van der Waals surface area contributed by atoms with Crippen molar-refractivity contribution >= 4 is 11.8 Å². The summed E-state index contributed by atoms with van der Waals surface area (Å²) in [6.07, 6.45) is 6.80. The maximum absolute atomic E-state index is 5.18. The van der Waals surface area contributed by atoms with Crippen LogP contribution >= 0.6 is 11.8 Å². The first-order chi connectivity index (χ1) is 7.35. The van der Waals surface area contributed by atoms with Crippen LogP contribution < -0.4 is 5.32 Å². The molecular weight excluding hydrogens is 206 g/mol. The van der Waals surface area contributed by atoms with Crippen molar-refractivity contribution in [2.24, 2.45) is 5.41 Å². The van der Waals surface area contributed by atoms with Gasteiger partial charge in [0.15, 0.2) is 0 Å². The van der Waals surface area contributed by atoms with Crippen molar-refractivity contribution in [1.29, 1.82) is 0 Å². The number of rotatable bonds is 6. The molecule has 88 valence electrons. The van der Waals surface area contributed by atoms with Crippen LogP contribution in [0.2, 0.25) is 0 Å². The summed E-state index contributed by atoms with van der Waals surface area (Å²) >= 11 is 2.10. The summed E-state index contributed by atoms with van der Waals surface area (Å²) < 4.78 is 5.18. The molecule has 2 nitrogen and oxygen atoms in total. The molecule has 1 aliphatic heterocycles. The number of methoxy groups -OCH3 is 1. The van der Waals surface area contributed by atoms with E-state index < -0.39 is 0 Å². The molecule has 1 saturated heterocycles. The number of ether oxygens (including phenoxy) is 1. The maximum atomic E-state index is 5.18. The standard InChI is InChI=1S/C12H23NOS/c1-14-7-6-12(4-5-12)10-13-11-2-8-15-9-3-11/h11,13H,2-10H2,1H3. The summed E-state index contributed by atoms with van der Waals surface area (Å²) in [6, 6.07) is 0.797. The van der Waals surface area contributed by atoms with Crippen LogP contribution in [0.5, 0.6) is 0 Å². The van der Waals surface area contributed by atoms with Gasteiger partial charge >= 0.3 is 0 Å². The highest BCUT2D eigenvalue weighted by Gasteiger charge is 2.41. The average molecular weight is 229 g/mol. The summed E-state index contributed by atoms with van der Waals surface area (Å²) in [4.78, 5) is 0. The Morgan fingerprint density at radius 1 is 1.33 bits per heavy atom. The molecule has 0 spiro atoms. The smallest absolute Gasteiger partial charge is 0.0468 e. The van der Waals surface area contributed by atoms with E-state index in [-0.39, 0.29) is 0 Å². The molecule has 0 aromatic carbocycles. The van der Waals surface area contributed by atoms with Crippen LogP contribution in [-0.4, -0.2) is 37.8 Å². The minimum Gasteiger partial charge on any atom is -0.385 e. The van der Waals surface area contributed by atoms with Crippen molar-refractivity contribution in [3.8, 4) is 0 Å². The summed E-state index contributed by atoms with van der Waals surface area (Å²) in [5, 5.41) is 3.76. The van der Waals surface area contributed by atoms with Crippen LogP contribution in [0.4, 0.5) is 0 Å². The van der Waals surface area contributed by atoms with Crippen molar-refractivity contribution in [2.75, 3.05) is 31.8 Å². The van der Waals surface area contributed by atoms with Crippen molar-refractivity contribution in [3.05, 3.63) is 0 Å². The van der Waals surface area contributed by atoms with Crippen LogP contribution in [0, 0.1) is 5.41 Å². The lowest BCUT2D eigenvalue weighted by atomic mass is 10.0. The largest absolute Gasteiger partial charge is 0.385 e. The third-order valence-electron chi connectivity index (χ3n) is 3.78. The second-order valence-corrected chi connectivity index (χ2v) is 6.24. The first kappa shape index (κ1) is 11.7. The highest BCUT2D eigenvalue weighted by atomic mass is 32.2. The summed E-state index contributed by atoms with van der Waals surface area (Å²) in [5.41, 5.74) is 0.612. The molecule has 0 atom stereocenters. The van der Waals surface area contributed by atoms with Gasteiger partial charge in [-0.05, 0) is 49.0 Å². The topological polar surface area (TPSA) is 21.3 Å². The Morgan fingerprint density at radius 3 is 2.67 bits per heavy atom. The van der Waals surface area contributed by atoms with Crippen LogP contribution in [0.3, 0.4) is 0 Å². The minimum atomic E-state index is 0.612. The van der Waals surface area contributed by atoms with Crippen molar-refractivity contribution in [3.63, 3.8) is 0 Å². The molecule has 2 aliphatic rings. The molecule has 0 aromatic rings. The Labute approximate surface area is 97.5 Å². The first-order valence-electron chi connectivity index (χ1n) is 6.15. The van der Waals surface area contributed by atoms with Gasteiger partial charge in [0.05, 0.1) is 0 Å². The Hall–Kier alpha value is 0.270. The third-order valence-corrected chi connectivity index (χ3v) is 4.83. The second-order valence-electron chi connectivity index (χ2n) is 5.01. The average Bonchev–Trinajstić information content (AvgIpc) is 3.06. The molecule has 1 N–H and O–H groups in total. The van der Waals surface area contributed by atoms with E-state index in [1.165, 1.54) is 50.2 Å². The number of hydrogen-bond donors (Lipinski definition) is 1. The van der Waals surface area contributed by atoms with Gasteiger partial charge in [-0.3, -0.25) is 0 Å². The zero-order chi connectivity index (χ0) is 10.6. The van der Waals surface area contributed by atoms with Gasteiger partial charge in [-0.15, -0.1) is 0 Å². The van der Waals surface area contributed by atoms with Gasteiger partial charge in [0.25, 0.3) is 0 Å². The zero-order valence-electron chi connectivity index (χ0n) is 9.76. The van der Waals surface area contributed by atoms with Crippen LogP contribution in [0.1, 0.15) is 32.1 Å². The quantitative estimate of drug-likeness (QED) is 0.755. The van der Waals surface area contributed by atoms with Gasteiger partial charge < -0.3 is 10.1 Å². The number of thioether (sulfide) groups is 1. The van der Waals surface area contributed by atoms with Crippen molar-refractivity contribution < 1.29 is 4.74 Å². The van der Waals surface area contributed by atoms with Crippen LogP contribution in [0.15, 0.2) is 0 Å². The Kier molecular flexibility index (Phi) is 4.35. The van der Waals surface area contributed by atoms with E-state index in [1.54, 1.807) is 0 Å². The molecule has 2 fully saturated rings. The second kappa shape index (κ2) is 5.55. The van der Waals surface area contributed by atoms with E-state index in [0.717, 1.165) is 12.6 Å². The molecule has 1 aliphatic carbocycles. The monoisotopic (exact) mass is 229 g/mol. The van der Waals surface area contributed by atoms with Crippen molar-refractivity contribution in [1.82, 2.24) is 5.32 Å². The Morgan fingerprint density at radius 2 is 2.07 bits per heavy atom. The predicted molar refractivity (Wildman–Crippen MR) is 66.5 cm³/mol. The first-order valence-corrected chi connectivity index (χ1v) is 7.30. The maximum Gasteiger partial charge on any atom is 0.0468 e. The summed E-state index contributed by atoms with van der Waals surface area (Å²) in [5.74, 6) is 2.70. The lowest BCUT2D eigenvalue weighted by Gasteiger charge is -2.25. The molecule has 1 saturated carbocycles. The SMILES string of the molecule is COCCC1(CNC2CCSCC2)CC1. The molecule has 0 unspecified atom stereocenters. The van der Waals surface area contributed by atoms with Gasteiger partial charge in [0.1, 0.15) is 0 Å². The normalized spacial score (nSPS) is 25.4. The summed E-state index contributed by atoms with van der Waals surface area (Å²) in [6.45, 7) is 2.16. The van der Waals surface area contributed by atoms with E-state index in [2.05, 4.69) is 17.1 Å². The lowest BCUT2D eigenvalue weighted by Crippen LogP contribution is -2.37. The lowest BCUT2D eigenvalue weighted by molar-refractivity contribution is 0.170. The van der Waals surface area contributed by atoms with Gasteiger partial charge in [-0.2, -0.15) is 11.8 Å².